The molecule has 0 spiro atoms. The molecule has 0 atom stereocenters. The van der Waals surface area contributed by atoms with Crippen molar-refractivity contribution < 1.29 is 4.79 Å². The summed E-state index contributed by atoms with van der Waals surface area (Å²) in [7, 11) is 0. The van der Waals surface area contributed by atoms with Crippen molar-refractivity contribution in [1.82, 2.24) is 9.97 Å². The zero-order valence-corrected chi connectivity index (χ0v) is 9.84. The molecule has 6 nitrogen and oxygen atoms in total. The smallest absolute Gasteiger partial charge is 0.259 e. The van der Waals surface area contributed by atoms with Gasteiger partial charge < -0.3 is 10.7 Å². The molecule has 2 aromatic heterocycles. The van der Waals surface area contributed by atoms with Gasteiger partial charge in [0.25, 0.3) is 5.91 Å². The second-order valence-electron chi connectivity index (χ2n) is 3.69. The number of pyridine rings is 2. The van der Waals surface area contributed by atoms with Gasteiger partial charge in [-0.15, -0.1) is 0 Å². The maximum absolute atomic E-state index is 12.1. The molecule has 6 heteroatoms. The topological polar surface area (TPSA) is 92.9 Å². The fraction of sp³-hybridized carbons (Fsp3) is 0.0833. The Morgan fingerprint density at radius 1 is 1.33 bits per heavy atom. The minimum Gasteiger partial charge on any atom is -0.322 e. The van der Waals surface area contributed by atoms with Crippen LogP contribution in [0, 0.1) is 6.92 Å². The van der Waals surface area contributed by atoms with Crippen LogP contribution in [-0.4, -0.2) is 15.9 Å². The number of hydrogen-bond donors (Lipinski definition) is 3. The molecule has 2 aromatic rings. The molecule has 0 aliphatic heterocycles. The van der Waals surface area contributed by atoms with Crippen molar-refractivity contribution in [3.63, 3.8) is 0 Å². The largest absolute Gasteiger partial charge is 0.322 e. The lowest BCUT2D eigenvalue weighted by Crippen LogP contribution is -2.18. The predicted octanol–water partition coefficient (Wildman–Crippen LogP) is 1.32. The SMILES string of the molecule is Cc1cccnc1NC(=O)c1ccncc1NN. The van der Waals surface area contributed by atoms with Crippen LogP contribution in [0.25, 0.3) is 0 Å². The van der Waals surface area contributed by atoms with Crippen LogP contribution in [0.5, 0.6) is 0 Å². The molecular weight excluding hydrogens is 230 g/mol. The van der Waals surface area contributed by atoms with E-state index in [1.165, 1.54) is 12.4 Å². The molecule has 92 valence electrons. The number of rotatable bonds is 3. The third-order valence-corrected chi connectivity index (χ3v) is 2.46. The average molecular weight is 243 g/mol. The lowest BCUT2D eigenvalue weighted by atomic mass is 10.2. The van der Waals surface area contributed by atoms with Gasteiger partial charge in [-0.1, -0.05) is 6.07 Å². The summed E-state index contributed by atoms with van der Waals surface area (Å²) in [5, 5.41) is 2.73. The van der Waals surface area contributed by atoms with Crippen molar-refractivity contribution in [1.29, 1.82) is 0 Å². The van der Waals surface area contributed by atoms with Crippen LogP contribution >= 0.6 is 0 Å². The maximum Gasteiger partial charge on any atom is 0.259 e. The molecule has 2 heterocycles. The molecule has 2 rings (SSSR count). The van der Waals surface area contributed by atoms with E-state index in [1.54, 1.807) is 12.3 Å². The second-order valence-corrected chi connectivity index (χ2v) is 3.69. The minimum atomic E-state index is -0.285. The molecule has 0 unspecified atom stereocenters. The van der Waals surface area contributed by atoms with Crippen LogP contribution in [0.4, 0.5) is 11.5 Å². The van der Waals surface area contributed by atoms with Crippen LogP contribution in [0.1, 0.15) is 15.9 Å². The van der Waals surface area contributed by atoms with E-state index >= 15 is 0 Å². The summed E-state index contributed by atoms with van der Waals surface area (Å²) in [6.07, 6.45) is 4.64. The van der Waals surface area contributed by atoms with E-state index in [9.17, 15) is 4.79 Å². The van der Waals surface area contributed by atoms with E-state index in [0.29, 0.717) is 17.1 Å². The van der Waals surface area contributed by atoms with Crippen LogP contribution in [0.2, 0.25) is 0 Å². The quantitative estimate of drug-likeness (QED) is 0.558. The van der Waals surface area contributed by atoms with E-state index in [1.807, 2.05) is 19.1 Å². The lowest BCUT2D eigenvalue weighted by molar-refractivity contribution is 0.102. The number of anilines is 2. The summed E-state index contributed by atoms with van der Waals surface area (Å²) >= 11 is 0. The molecule has 0 radical (unpaired) electrons. The van der Waals surface area contributed by atoms with Gasteiger partial charge in [-0.05, 0) is 24.6 Å². The zero-order chi connectivity index (χ0) is 13.0. The van der Waals surface area contributed by atoms with E-state index in [0.717, 1.165) is 5.56 Å². The Bertz CT molecular complexity index is 570. The summed E-state index contributed by atoms with van der Waals surface area (Å²) < 4.78 is 0. The van der Waals surface area contributed by atoms with Gasteiger partial charge in [0, 0.05) is 12.4 Å². The highest BCUT2D eigenvalue weighted by Gasteiger charge is 2.12. The van der Waals surface area contributed by atoms with Crippen molar-refractivity contribution >= 4 is 17.4 Å². The van der Waals surface area contributed by atoms with Crippen molar-refractivity contribution in [3.8, 4) is 0 Å². The second kappa shape index (κ2) is 5.24. The number of carbonyl (C=O) groups excluding carboxylic acids is 1. The number of hydrazine groups is 1. The van der Waals surface area contributed by atoms with Crippen LogP contribution in [-0.2, 0) is 0 Å². The first-order valence-electron chi connectivity index (χ1n) is 5.36. The van der Waals surface area contributed by atoms with E-state index in [2.05, 4.69) is 20.7 Å². The number of hydrogen-bond acceptors (Lipinski definition) is 5. The molecule has 0 aromatic carbocycles. The van der Waals surface area contributed by atoms with Gasteiger partial charge in [0.2, 0.25) is 0 Å². The lowest BCUT2D eigenvalue weighted by Gasteiger charge is -2.09. The van der Waals surface area contributed by atoms with Crippen molar-refractivity contribution in [3.05, 3.63) is 47.9 Å². The molecule has 0 aliphatic carbocycles. The van der Waals surface area contributed by atoms with E-state index in [4.69, 9.17) is 5.84 Å². The molecule has 0 fully saturated rings. The Hall–Kier alpha value is -2.47. The third-order valence-electron chi connectivity index (χ3n) is 2.46. The van der Waals surface area contributed by atoms with Crippen LogP contribution in [0.15, 0.2) is 36.8 Å². The molecule has 0 saturated heterocycles. The maximum atomic E-state index is 12.1. The van der Waals surface area contributed by atoms with Gasteiger partial charge in [-0.25, -0.2) is 4.98 Å². The molecule has 18 heavy (non-hydrogen) atoms. The number of nitrogens with zero attached hydrogens (tertiary/aromatic N) is 2. The molecule has 0 aliphatic rings. The number of aromatic nitrogens is 2. The Labute approximate surface area is 104 Å². The van der Waals surface area contributed by atoms with E-state index < -0.39 is 0 Å². The number of aryl methyl sites for hydroxylation is 1. The minimum absolute atomic E-state index is 0.285. The first-order chi connectivity index (χ1) is 8.72. The fourth-order valence-electron chi connectivity index (χ4n) is 1.50. The summed E-state index contributed by atoms with van der Waals surface area (Å²) in [4.78, 5) is 20.1. The predicted molar refractivity (Wildman–Crippen MR) is 69.0 cm³/mol. The highest BCUT2D eigenvalue weighted by Crippen LogP contribution is 2.15. The summed E-state index contributed by atoms with van der Waals surface area (Å²) in [5.74, 6) is 5.57. The van der Waals surface area contributed by atoms with Gasteiger partial charge in [-0.2, -0.15) is 0 Å². The van der Waals surface area contributed by atoms with Gasteiger partial charge in [0.15, 0.2) is 0 Å². The van der Waals surface area contributed by atoms with Gasteiger partial charge in [-0.3, -0.25) is 15.6 Å². The first kappa shape index (κ1) is 12.0. The summed E-state index contributed by atoms with van der Waals surface area (Å²) in [6.45, 7) is 1.87. The molecular formula is C12H13N5O. The highest BCUT2D eigenvalue weighted by molar-refractivity contribution is 6.07. The molecule has 0 bridgehead atoms. The Balaban J connectivity index is 2.25. The van der Waals surface area contributed by atoms with Crippen LogP contribution in [0.3, 0.4) is 0 Å². The Morgan fingerprint density at radius 3 is 2.89 bits per heavy atom. The first-order valence-corrected chi connectivity index (χ1v) is 5.36. The summed E-state index contributed by atoms with van der Waals surface area (Å²) in [5.41, 5.74) is 4.20. The van der Waals surface area contributed by atoms with Crippen molar-refractivity contribution in [2.24, 2.45) is 5.84 Å². The van der Waals surface area contributed by atoms with Gasteiger partial charge >= 0.3 is 0 Å². The number of amides is 1. The highest BCUT2D eigenvalue weighted by atomic mass is 16.1. The molecule has 1 amide bonds. The molecule has 4 N–H and O–H groups in total. The summed E-state index contributed by atoms with van der Waals surface area (Å²) in [6, 6.07) is 5.27. The number of nitrogens with one attached hydrogen (secondary N) is 2. The standard InChI is InChI=1S/C12H13N5O/c1-8-3-2-5-15-11(8)16-12(18)9-4-6-14-7-10(9)17-13/h2-7,17H,13H2,1H3,(H,15,16,18). The van der Waals surface area contributed by atoms with Crippen molar-refractivity contribution in [2.45, 2.75) is 6.92 Å². The normalized spacial score (nSPS) is 9.89. The Morgan fingerprint density at radius 2 is 2.17 bits per heavy atom. The zero-order valence-electron chi connectivity index (χ0n) is 9.84. The molecule has 0 saturated carbocycles. The Kier molecular flexibility index (Phi) is 3.49. The number of nitrogen functional groups attached to an aromatic ring is 1. The number of nitrogens with two attached hydrogens (primary N) is 1. The monoisotopic (exact) mass is 243 g/mol. The average Bonchev–Trinajstić information content (AvgIpc) is 2.41. The fourth-order valence-corrected chi connectivity index (χ4v) is 1.50. The van der Waals surface area contributed by atoms with Crippen LogP contribution < -0.4 is 16.6 Å². The number of carbonyl (C=O) groups is 1. The van der Waals surface area contributed by atoms with Crippen molar-refractivity contribution in [2.75, 3.05) is 10.7 Å². The van der Waals surface area contributed by atoms with Gasteiger partial charge in [0.05, 0.1) is 17.4 Å². The van der Waals surface area contributed by atoms with Gasteiger partial charge in [0.1, 0.15) is 5.82 Å². The van der Waals surface area contributed by atoms with E-state index in [-0.39, 0.29) is 5.91 Å². The third kappa shape index (κ3) is 2.44.